The highest BCUT2D eigenvalue weighted by Gasteiger charge is 2.27. The Kier molecular flexibility index (Phi) is 3.97. The molecule has 1 fully saturated rings. The van der Waals surface area contributed by atoms with Gasteiger partial charge in [0, 0.05) is 25.6 Å². The van der Waals surface area contributed by atoms with E-state index in [1.165, 1.54) is 12.0 Å². The summed E-state index contributed by atoms with van der Waals surface area (Å²) in [6.45, 7) is 2.23. The lowest BCUT2D eigenvalue weighted by Crippen LogP contribution is -2.25. The van der Waals surface area contributed by atoms with E-state index in [1.54, 1.807) is 0 Å². The summed E-state index contributed by atoms with van der Waals surface area (Å²) in [7, 11) is 1.93. The smallest absolute Gasteiger partial charge is 0.136 e. The Bertz CT molecular complexity index is 383. The molecule has 1 aromatic rings. The summed E-state index contributed by atoms with van der Waals surface area (Å²) in [5.74, 6) is 1.55. The van der Waals surface area contributed by atoms with Crippen LogP contribution in [-0.4, -0.2) is 15.6 Å². The largest absolute Gasteiger partial charge is 0.299 e. The molecular weight excluding hydrogens is 212 g/mol. The summed E-state index contributed by atoms with van der Waals surface area (Å²) in [5, 5.41) is 4.16. The van der Waals surface area contributed by atoms with Gasteiger partial charge in [-0.3, -0.25) is 9.48 Å². The molecule has 0 spiro atoms. The first-order chi connectivity index (χ1) is 8.19. The predicted molar refractivity (Wildman–Crippen MR) is 67.7 cm³/mol. The SMILES string of the molecule is CCC1CCC(=O)C(CCc2cnn(C)c2)C1. The minimum Gasteiger partial charge on any atom is -0.299 e. The molecule has 1 aliphatic carbocycles. The van der Waals surface area contributed by atoms with Crippen molar-refractivity contribution in [2.75, 3.05) is 0 Å². The third-order valence-electron chi connectivity index (χ3n) is 3.99. The monoisotopic (exact) mass is 234 g/mol. The first kappa shape index (κ1) is 12.3. The maximum atomic E-state index is 11.9. The van der Waals surface area contributed by atoms with Crippen molar-refractivity contribution in [3.63, 3.8) is 0 Å². The third kappa shape index (κ3) is 3.18. The van der Waals surface area contributed by atoms with E-state index in [0.717, 1.165) is 38.0 Å². The minimum atomic E-state index is 0.300. The first-order valence-electron chi connectivity index (χ1n) is 6.69. The summed E-state index contributed by atoms with van der Waals surface area (Å²) in [6.07, 6.45) is 10.2. The van der Waals surface area contributed by atoms with Crippen LogP contribution in [0.2, 0.25) is 0 Å². The number of ketones is 1. The average molecular weight is 234 g/mol. The van der Waals surface area contributed by atoms with Crippen molar-refractivity contribution >= 4 is 5.78 Å². The first-order valence-corrected chi connectivity index (χ1v) is 6.69. The van der Waals surface area contributed by atoms with Gasteiger partial charge in [0.25, 0.3) is 0 Å². The zero-order valence-corrected chi connectivity index (χ0v) is 10.9. The van der Waals surface area contributed by atoms with Crippen molar-refractivity contribution in [1.29, 1.82) is 0 Å². The predicted octanol–water partition coefficient (Wildman–Crippen LogP) is 2.75. The van der Waals surface area contributed by atoms with E-state index in [9.17, 15) is 4.79 Å². The summed E-state index contributed by atoms with van der Waals surface area (Å²) >= 11 is 0. The zero-order chi connectivity index (χ0) is 12.3. The number of Topliss-reactive ketones (excluding diaryl/α,β-unsaturated/α-hetero) is 1. The van der Waals surface area contributed by atoms with Gasteiger partial charge in [0.15, 0.2) is 0 Å². The van der Waals surface area contributed by atoms with Crippen molar-refractivity contribution < 1.29 is 4.79 Å². The molecule has 3 heteroatoms. The van der Waals surface area contributed by atoms with Gasteiger partial charge in [0.05, 0.1) is 6.20 Å². The van der Waals surface area contributed by atoms with Gasteiger partial charge in [0.1, 0.15) is 5.78 Å². The third-order valence-corrected chi connectivity index (χ3v) is 3.99. The molecule has 1 aliphatic rings. The maximum absolute atomic E-state index is 11.9. The summed E-state index contributed by atoms with van der Waals surface area (Å²) in [5.41, 5.74) is 1.25. The average Bonchev–Trinajstić information content (AvgIpc) is 2.74. The van der Waals surface area contributed by atoms with Gasteiger partial charge in [-0.05, 0) is 37.2 Å². The normalized spacial score (nSPS) is 25.2. The highest BCUT2D eigenvalue weighted by Crippen LogP contribution is 2.31. The number of carbonyl (C=O) groups is 1. The van der Waals surface area contributed by atoms with Gasteiger partial charge in [-0.1, -0.05) is 13.3 Å². The van der Waals surface area contributed by atoms with E-state index in [1.807, 2.05) is 24.1 Å². The van der Waals surface area contributed by atoms with E-state index in [4.69, 9.17) is 0 Å². The second-order valence-corrected chi connectivity index (χ2v) is 5.27. The molecule has 94 valence electrons. The quantitative estimate of drug-likeness (QED) is 0.803. The molecule has 2 unspecified atom stereocenters. The van der Waals surface area contributed by atoms with Crippen LogP contribution in [0.1, 0.15) is 44.6 Å². The van der Waals surface area contributed by atoms with E-state index < -0.39 is 0 Å². The number of hydrogen-bond acceptors (Lipinski definition) is 2. The molecule has 0 saturated heterocycles. The van der Waals surface area contributed by atoms with Gasteiger partial charge >= 0.3 is 0 Å². The number of carbonyl (C=O) groups excluding carboxylic acids is 1. The number of aromatic nitrogens is 2. The molecule has 0 aromatic carbocycles. The van der Waals surface area contributed by atoms with Gasteiger partial charge in [-0.15, -0.1) is 0 Å². The van der Waals surface area contributed by atoms with Gasteiger partial charge in [0.2, 0.25) is 0 Å². The van der Waals surface area contributed by atoms with Crippen LogP contribution >= 0.6 is 0 Å². The number of hydrogen-bond donors (Lipinski definition) is 0. The van der Waals surface area contributed by atoms with Crippen LogP contribution in [0.5, 0.6) is 0 Å². The van der Waals surface area contributed by atoms with E-state index in [2.05, 4.69) is 12.0 Å². The van der Waals surface area contributed by atoms with E-state index in [0.29, 0.717) is 11.7 Å². The number of aryl methyl sites for hydroxylation is 2. The standard InChI is InChI=1S/C14H22N2O/c1-3-11-5-7-14(17)13(8-11)6-4-12-9-15-16(2)10-12/h9-11,13H,3-8H2,1-2H3. The van der Waals surface area contributed by atoms with E-state index in [-0.39, 0.29) is 0 Å². The van der Waals surface area contributed by atoms with Gasteiger partial charge in [-0.2, -0.15) is 5.10 Å². The Hall–Kier alpha value is -1.12. The highest BCUT2D eigenvalue weighted by molar-refractivity contribution is 5.81. The van der Waals surface area contributed by atoms with Crippen LogP contribution < -0.4 is 0 Å². The second kappa shape index (κ2) is 5.48. The summed E-state index contributed by atoms with van der Waals surface area (Å²) in [6, 6.07) is 0. The molecular formula is C14H22N2O. The molecule has 0 radical (unpaired) electrons. The molecule has 2 atom stereocenters. The molecule has 1 heterocycles. The summed E-state index contributed by atoms with van der Waals surface area (Å²) in [4.78, 5) is 11.9. The Morgan fingerprint density at radius 3 is 3.00 bits per heavy atom. The molecule has 3 nitrogen and oxygen atoms in total. The second-order valence-electron chi connectivity index (χ2n) is 5.27. The Morgan fingerprint density at radius 1 is 1.53 bits per heavy atom. The van der Waals surface area contributed by atoms with Crippen LogP contribution in [0.15, 0.2) is 12.4 Å². The Labute approximate surface area is 103 Å². The fourth-order valence-corrected chi connectivity index (χ4v) is 2.79. The zero-order valence-electron chi connectivity index (χ0n) is 10.9. The van der Waals surface area contributed by atoms with Crippen molar-refractivity contribution in [3.8, 4) is 0 Å². The van der Waals surface area contributed by atoms with Gasteiger partial charge < -0.3 is 0 Å². The number of rotatable bonds is 4. The molecule has 1 saturated carbocycles. The maximum Gasteiger partial charge on any atom is 0.136 e. The minimum absolute atomic E-state index is 0.300. The van der Waals surface area contributed by atoms with E-state index >= 15 is 0 Å². The van der Waals surface area contributed by atoms with Crippen molar-refractivity contribution in [3.05, 3.63) is 18.0 Å². The van der Waals surface area contributed by atoms with Crippen LogP contribution in [0.25, 0.3) is 0 Å². The van der Waals surface area contributed by atoms with Crippen LogP contribution in [-0.2, 0) is 18.3 Å². The fraction of sp³-hybridized carbons (Fsp3) is 0.714. The lowest BCUT2D eigenvalue weighted by atomic mass is 9.77. The molecule has 0 N–H and O–H groups in total. The van der Waals surface area contributed by atoms with Crippen LogP contribution in [0.4, 0.5) is 0 Å². The molecule has 2 rings (SSSR count). The van der Waals surface area contributed by atoms with Crippen molar-refractivity contribution in [2.45, 2.75) is 45.4 Å². The molecule has 0 aliphatic heterocycles. The number of nitrogens with zero attached hydrogens (tertiary/aromatic N) is 2. The molecule has 0 amide bonds. The Balaban J connectivity index is 1.86. The van der Waals surface area contributed by atoms with Crippen LogP contribution in [0, 0.1) is 11.8 Å². The Morgan fingerprint density at radius 2 is 2.35 bits per heavy atom. The van der Waals surface area contributed by atoms with Crippen molar-refractivity contribution in [2.24, 2.45) is 18.9 Å². The van der Waals surface area contributed by atoms with Crippen molar-refractivity contribution in [1.82, 2.24) is 9.78 Å². The highest BCUT2D eigenvalue weighted by atomic mass is 16.1. The molecule has 0 bridgehead atoms. The lowest BCUT2D eigenvalue weighted by molar-refractivity contribution is -0.125. The topological polar surface area (TPSA) is 34.9 Å². The summed E-state index contributed by atoms with van der Waals surface area (Å²) < 4.78 is 1.83. The lowest BCUT2D eigenvalue weighted by Gasteiger charge is -2.27. The molecule has 17 heavy (non-hydrogen) atoms. The fourth-order valence-electron chi connectivity index (χ4n) is 2.79. The van der Waals surface area contributed by atoms with Crippen LogP contribution in [0.3, 0.4) is 0 Å². The van der Waals surface area contributed by atoms with Gasteiger partial charge in [-0.25, -0.2) is 0 Å². The molecule has 1 aromatic heterocycles.